The van der Waals surface area contributed by atoms with Gasteiger partial charge in [0.05, 0.1) is 31.8 Å². The number of ether oxygens (including phenoxy) is 2. The Labute approximate surface area is 173 Å². The molecule has 8 nitrogen and oxygen atoms in total. The molecule has 2 aromatic rings. The minimum Gasteiger partial charge on any atom is -0.469 e. The zero-order chi connectivity index (χ0) is 20.6. The van der Waals surface area contributed by atoms with E-state index in [1.165, 1.54) is 23.3 Å². The van der Waals surface area contributed by atoms with Crippen LogP contribution in [0.2, 0.25) is 0 Å². The lowest BCUT2D eigenvalue weighted by Crippen LogP contribution is -2.40. The van der Waals surface area contributed by atoms with E-state index < -0.39 is 0 Å². The van der Waals surface area contributed by atoms with E-state index in [0.29, 0.717) is 25.3 Å². The molecule has 0 radical (unpaired) electrons. The molecule has 29 heavy (non-hydrogen) atoms. The molecular formula is C20H23N3O5S. The highest BCUT2D eigenvalue weighted by molar-refractivity contribution is 7.08. The lowest BCUT2D eigenvalue weighted by molar-refractivity contribution is -0.142. The van der Waals surface area contributed by atoms with Crippen LogP contribution in [-0.2, 0) is 25.7 Å². The van der Waals surface area contributed by atoms with Crippen molar-refractivity contribution in [1.29, 1.82) is 0 Å². The van der Waals surface area contributed by atoms with Gasteiger partial charge in [-0.05, 0) is 29.1 Å². The van der Waals surface area contributed by atoms with E-state index in [4.69, 9.17) is 4.74 Å². The number of nitrogens with zero attached hydrogens (tertiary/aromatic N) is 3. The molecule has 0 bridgehead atoms. The first-order valence-electron chi connectivity index (χ1n) is 9.23. The van der Waals surface area contributed by atoms with Crippen LogP contribution in [0, 0.1) is 0 Å². The summed E-state index contributed by atoms with van der Waals surface area (Å²) in [7, 11) is 1.31. The summed E-state index contributed by atoms with van der Waals surface area (Å²) in [6, 6.07) is 5.44. The van der Waals surface area contributed by atoms with Gasteiger partial charge in [-0.3, -0.25) is 19.4 Å². The first-order chi connectivity index (χ1) is 14.1. The van der Waals surface area contributed by atoms with E-state index in [1.54, 1.807) is 28.7 Å². The maximum Gasteiger partial charge on any atom is 0.307 e. The minimum atomic E-state index is -0.387. The molecule has 1 atom stereocenters. The number of hydrogen-bond donors (Lipinski definition) is 0. The Balaban J connectivity index is 1.72. The highest BCUT2D eigenvalue weighted by Crippen LogP contribution is 2.16. The highest BCUT2D eigenvalue weighted by atomic mass is 32.1. The minimum absolute atomic E-state index is 0.0506. The predicted octanol–water partition coefficient (Wildman–Crippen LogP) is 1.58. The number of aromatic nitrogens is 1. The van der Waals surface area contributed by atoms with Gasteiger partial charge in [0.15, 0.2) is 0 Å². The van der Waals surface area contributed by atoms with Gasteiger partial charge in [0, 0.05) is 37.4 Å². The molecule has 2 amide bonds. The van der Waals surface area contributed by atoms with Crippen molar-refractivity contribution in [2.45, 2.75) is 19.1 Å². The fourth-order valence-corrected chi connectivity index (χ4v) is 3.67. The number of rotatable bonds is 7. The lowest BCUT2D eigenvalue weighted by atomic mass is 10.2. The Kier molecular flexibility index (Phi) is 7.31. The summed E-state index contributed by atoms with van der Waals surface area (Å²) in [6.07, 6.45) is 3.09. The normalized spacial score (nSPS) is 17.1. The van der Waals surface area contributed by atoms with Crippen molar-refractivity contribution in [3.05, 3.63) is 52.5 Å². The summed E-state index contributed by atoms with van der Waals surface area (Å²) in [5.41, 5.74) is 1.51. The molecule has 1 aliphatic rings. The average molecular weight is 417 g/mol. The zero-order valence-electron chi connectivity index (χ0n) is 16.2. The average Bonchev–Trinajstić information content (AvgIpc) is 3.23. The van der Waals surface area contributed by atoms with E-state index >= 15 is 0 Å². The Morgan fingerprint density at radius 1 is 1.24 bits per heavy atom. The monoisotopic (exact) mass is 417 g/mol. The molecular weight excluding hydrogens is 394 g/mol. The predicted molar refractivity (Wildman–Crippen MR) is 106 cm³/mol. The van der Waals surface area contributed by atoms with Crippen LogP contribution >= 0.6 is 11.3 Å². The molecule has 1 saturated heterocycles. The number of carbonyl (C=O) groups is 3. The number of hydrogen-bond acceptors (Lipinski definition) is 7. The maximum atomic E-state index is 12.8. The van der Waals surface area contributed by atoms with Gasteiger partial charge in [0.25, 0.3) is 5.91 Å². The third kappa shape index (κ3) is 5.85. The molecule has 1 aliphatic heterocycles. The number of methoxy groups -OCH3 is 1. The molecule has 9 heteroatoms. The molecule has 2 aromatic heterocycles. The summed E-state index contributed by atoms with van der Waals surface area (Å²) in [6.45, 7) is 1.10. The molecule has 0 N–H and O–H groups in total. The highest BCUT2D eigenvalue weighted by Gasteiger charge is 2.31. The third-order valence-corrected chi connectivity index (χ3v) is 5.31. The van der Waals surface area contributed by atoms with Crippen molar-refractivity contribution in [1.82, 2.24) is 14.8 Å². The van der Waals surface area contributed by atoms with Gasteiger partial charge in [-0.25, -0.2) is 0 Å². The van der Waals surface area contributed by atoms with Gasteiger partial charge >= 0.3 is 5.97 Å². The number of thiophene rings is 1. The maximum absolute atomic E-state index is 12.8. The van der Waals surface area contributed by atoms with E-state index in [0.717, 1.165) is 5.56 Å². The number of amides is 2. The molecule has 3 rings (SSSR count). The van der Waals surface area contributed by atoms with Crippen molar-refractivity contribution in [3.8, 4) is 0 Å². The van der Waals surface area contributed by atoms with Crippen LogP contribution in [0.4, 0.5) is 0 Å². The van der Waals surface area contributed by atoms with Crippen molar-refractivity contribution < 1.29 is 23.9 Å². The number of carbonyl (C=O) groups excluding carboxylic acids is 3. The largest absolute Gasteiger partial charge is 0.469 e. The second-order valence-electron chi connectivity index (χ2n) is 6.65. The van der Waals surface area contributed by atoms with Gasteiger partial charge in [0.2, 0.25) is 5.91 Å². The fraction of sp³-hybridized carbons (Fsp3) is 0.400. The fourth-order valence-electron chi connectivity index (χ4n) is 3.05. The van der Waals surface area contributed by atoms with Crippen LogP contribution in [0.1, 0.15) is 22.3 Å². The van der Waals surface area contributed by atoms with Crippen LogP contribution in [0.25, 0.3) is 0 Å². The topological polar surface area (TPSA) is 89.0 Å². The standard InChI is InChI=1S/C20H23N3O5S/c1-27-19(25)4-8-22-10-17(28-13-15-2-6-21-7-3-15)11-23(12-18(22)24)20(26)16-5-9-29-14-16/h2-3,5-7,9,14,17H,4,8,10-13H2,1H3/t17-/m0/s1. The molecule has 0 saturated carbocycles. The van der Waals surface area contributed by atoms with Gasteiger partial charge in [-0.2, -0.15) is 11.3 Å². The van der Waals surface area contributed by atoms with E-state index in [9.17, 15) is 14.4 Å². The van der Waals surface area contributed by atoms with Gasteiger partial charge < -0.3 is 19.3 Å². The lowest BCUT2D eigenvalue weighted by Gasteiger charge is -2.24. The van der Waals surface area contributed by atoms with E-state index in [2.05, 4.69) is 9.72 Å². The summed E-state index contributed by atoms with van der Waals surface area (Å²) >= 11 is 1.43. The van der Waals surface area contributed by atoms with Crippen molar-refractivity contribution >= 4 is 29.1 Å². The summed E-state index contributed by atoms with van der Waals surface area (Å²) in [5.74, 6) is -0.804. The Hall–Kier alpha value is -2.78. The molecule has 0 aromatic carbocycles. The van der Waals surface area contributed by atoms with Crippen LogP contribution < -0.4 is 0 Å². The van der Waals surface area contributed by atoms with Gasteiger partial charge in [-0.15, -0.1) is 0 Å². The summed E-state index contributed by atoms with van der Waals surface area (Å²) < 4.78 is 10.7. The molecule has 0 spiro atoms. The smallest absolute Gasteiger partial charge is 0.307 e. The third-order valence-electron chi connectivity index (χ3n) is 4.63. The first kappa shape index (κ1) is 20.9. The zero-order valence-corrected chi connectivity index (χ0v) is 17.0. The molecule has 154 valence electrons. The van der Waals surface area contributed by atoms with Crippen molar-refractivity contribution in [3.63, 3.8) is 0 Å². The van der Waals surface area contributed by atoms with Gasteiger partial charge in [-0.1, -0.05) is 0 Å². The number of pyridine rings is 1. The number of esters is 1. The second-order valence-corrected chi connectivity index (χ2v) is 7.43. The molecule has 0 aliphatic carbocycles. The molecule has 0 unspecified atom stereocenters. The van der Waals surface area contributed by atoms with E-state index in [-0.39, 0.29) is 43.4 Å². The summed E-state index contributed by atoms with van der Waals surface area (Å²) in [5, 5.41) is 3.59. The van der Waals surface area contributed by atoms with Gasteiger partial charge in [0.1, 0.15) is 6.54 Å². The Bertz CT molecular complexity index is 828. The molecule has 3 heterocycles. The first-order valence-corrected chi connectivity index (χ1v) is 10.2. The Morgan fingerprint density at radius 2 is 2.03 bits per heavy atom. The van der Waals surface area contributed by atoms with Crippen LogP contribution in [0.15, 0.2) is 41.4 Å². The Morgan fingerprint density at radius 3 is 2.72 bits per heavy atom. The van der Waals surface area contributed by atoms with Crippen molar-refractivity contribution in [2.24, 2.45) is 0 Å². The van der Waals surface area contributed by atoms with Crippen molar-refractivity contribution in [2.75, 3.05) is 33.3 Å². The molecule has 1 fully saturated rings. The van der Waals surface area contributed by atoms with Crippen LogP contribution in [-0.4, -0.2) is 72.0 Å². The summed E-state index contributed by atoms with van der Waals surface area (Å²) in [4.78, 5) is 44.1. The SMILES string of the molecule is COC(=O)CCN1C[C@H](OCc2ccncc2)CN(C(=O)c2ccsc2)CC1=O. The second kappa shape index (κ2) is 10.1. The quantitative estimate of drug-likeness (QED) is 0.636. The van der Waals surface area contributed by atoms with E-state index in [1.807, 2.05) is 17.5 Å². The van der Waals surface area contributed by atoms with Crippen LogP contribution in [0.3, 0.4) is 0 Å². The van der Waals surface area contributed by atoms with Crippen LogP contribution in [0.5, 0.6) is 0 Å².